The van der Waals surface area contributed by atoms with Gasteiger partial charge in [0.2, 0.25) is 0 Å². The number of hydrogen-bond acceptors (Lipinski definition) is 3. The van der Waals surface area contributed by atoms with Crippen LogP contribution in [0.4, 0.5) is 0 Å². The van der Waals surface area contributed by atoms with Crippen molar-refractivity contribution in [2.75, 3.05) is 26.3 Å². The Balaban J connectivity index is 0.000000917. The first kappa shape index (κ1) is 19.1. The minimum absolute atomic E-state index is 0. The maximum atomic E-state index is 5.32. The van der Waals surface area contributed by atoms with Gasteiger partial charge < -0.3 is 17.4 Å². The molecule has 1 aromatic carbocycles. The molecule has 0 atom stereocenters. The summed E-state index contributed by atoms with van der Waals surface area (Å²) in [5, 5.41) is 0. The Kier molecular flexibility index (Phi) is 12.7. The standard InChI is InChI=1S/C12H17NOS.C2H6.K/c15-10-12-3-1-2-11(8-12)9-13-4-6-14-7-5-13;1-2;/h1-3,8,15H,4-7,9-10H2;1-2H3;/q;;+1/p-1. The molecule has 1 aromatic rings. The predicted molar refractivity (Wildman–Crippen MR) is 75.0 cm³/mol. The van der Waals surface area contributed by atoms with E-state index in [9.17, 15) is 0 Å². The molecule has 1 fully saturated rings. The maximum absolute atomic E-state index is 5.32. The van der Waals surface area contributed by atoms with Crippen LogP contribution < -0.4 is 51.4 Å². The fraction of sp³-hybridized carbons (Fsp3) is 0.571. The molecular weight excluding hydrogens is 269 g/mol. The molecule has 2 rings (SSSR count). The number of nitrogens with zero attached hydrogens (tertiary/aromatic N) is 1. The zero-order valence-electron chi connectivity index (χ0n) is 11.8. The van der Waals surface area contributed by atoms with Crippen LogP contribution in [0.25, 0.3) is 0 Å². The molecule has 18 heavy (non-hydrogen) atoms. The van der Waals surface area contributed by atoms with Crippen molar-refractivity contribution in [2.24, 2.45) is 0 Å². The molecule has 96 valence electrons. The molecule has 2 nitrogen and oxygen atoms in total. The summed E-state index contributed by atoms with van der Waals surface area (Å²) < 4.78 is 5.32. The van der Waals surface area contributed by atoms with Gasteiger partial charge in [0.05, 0.1) is 13.2 Å². The zero-order valence-corrected chi connectivity index (χ0v) is 15.8. The van der Waals surface area contributed by atoms with Gasteiger partial charge in [0, 0.05) is 19.6 Å². The minimum atomic E-state index is 0. The fourth-order valence-electron chi connectivity index (χ4n) is 1.84. The van der Waals surface area contributed by atoms with Crippen LogP contribution in [-0.2, 0) is 29.7 Å². The van der Waals surface area contributed by atoms with Crippen LogP contribution in [0.15, 0.2) is 24.3 Å². The van der Waals surface area contributed by atoms with Crippen LogP contribution in [0.1, 0.15) is 25.0 Å². The van der Waals surface area contributed by atoms with Crippen LogP contribution in [0.2, 0.25) is 0 Å². The summed E-state index contributed by atoms with van der Waals surface area (Å²) in [4.78, 5) is 2.42. The van der Waals surface area contributed by atoms with Gasteiger partial charge in [-0.3, -0.25) is 4.90 Å². The molecule has 0 aromatic heterocycles. The predicted octanol–water partition coefficient (Wildman–Crippen LogP) is -0.404. The van der Waals surface area contributed by atoms with Crippen molar-refractivity contribution < 1.29 is 56.1 Å². The third kappa shape index (κ3) is 7.05. The number of hydrogen-bond donors (Lipinski definition) is 0. The maximum Gasteiger partial charge on any atom is 1.00 e. The Labute approximate surface area is 159 Å². The first-order chi connectivity index (χ1) is 8.38. The molecule has 1 aliphatic heterocycles. The van der Waals surface area contributed by atoms with Gasteiger partial charge in [0.1, 0.15) is 0 Å². The Morgan fingerprint density at radius 2 is 1.78 bits per heavy atom. The van der Waals surface area contributed by atoms with Crippen molar-refractivity contribution in [1.29, 1.82) is 0 Å². The van der Waals surface area contributed by atoms with Crippen molar-refractivity contribution in [1.82, 2.24) is 4.90 Å². The van der Waals surface area contributed by atoms with E-state index in [2.05, 4.69) is 29.2 Å². The molecule has 4 heteroatoms. The summed E-state index contributed by atoms with van der Waals surface area (Å²) in [6.45, 7) is 8.82. The van der Waals surface area contributed by atoms with Gasteiger partial charge in [0.15, 0.2) is 0 Å². The third-order valence-electron chi connectivity index (χ3n) is 2.67. The number of morpholine rings is 1. The molecule has 0 bridgehead atoms. The Morgan fingerprint density at radius 1 is 1.17 bits per heavy atom. The van der Waals surface area contributed by atoms with Gasteiger partial charge in [-0.2, -0.15) is 5.75 Å². The smallest absolute Gasteiger partial charge is 0.788 e. The van der Waals surface area contributed by atoms with E-state index < -0.39 is 0 Å². The van der Waals surface area contributed by atoms with Crippen LogP contribution in [0, 0.1) is 0 Å². The summed E-state index contributed by atoms with van der Waals surface area (Å²) in [5.74, 6) is 0.705. The molecule has 1 aliphatic rings. The number of ether oxygens (including phenoxy) is 1. The van der Waals surface area contributed by atoms with Gasteiger partial charge in [-0.15, -0.1) is 0 Å². The Morgan fingerprint density at radius 3 is 2.39 bits per heavy atom. The van der Waals surface area contributed by atoms with E-state index in [0.29, 0.717) is 5.75 Å². The summed E-state index contributed by atoms with van der Waals surface area (Å²) in [6.07, 6.45) is 0. The minimum Gasteiger partial charge on any atom is -0.788 e. The van der Waals surface area contributed by atoms with E-state index in [1.165, 1.54) is 11.1 Å². The van der Waals surface area contributed by atoms with Gasteiger partial charge >= 0.3 is 51.4 Å². The van der Waals surface area contributed by atoms with Gasteiger partial charge in [-0.1, -0.05) is 43.7 Å². The van der Waals surface area contributed by atoms with Crippen molar-refractivity contribution >= 4 is 12.6 Å². The third-order valence-corrected chi connectivity index (χ3v) is 3.00. The van der Waals surface area contributed by atoms with E-state index in [0.717, 1.165) is 32.8 Å². The molecule has 0 N–H and O–H groups in total. The van der Waals surface area contributed by atoms with Gasteiger partial charge in [-0.25, -0.2) is 0 Å². The van der Waals surface area contributed by atoms with E-state index in [4.69, 9.17) is 17.4 Å². The summed E-state index contributed by atoms with van der Waals surface area (Å²) in [5.41, 5.74) is 2.61. The first-order valence-corrected chi connectivity index (χ1v) is 6.92. The normalized spacial score (nSPS) is 15.3. The number of rotatable bonds is 3. The van der Waals surface area contributed by atoms with Gasteiger partial charge in [-0.05, 0) is 5.56 Å². The van der Waals surface area contributed by atoms with Crippen molar-refractivity contribution in [3.8, 4) is 0 Å². The van der Waals surface area contributed by atoms with E-state index in [1.54, 1.807) is 0 Å². The first-order valence-electron chi connectivity index (χ1n) is 6.34. The second kappa shape index (κ2) is 11.9. The van der Waals surface area contributed by atoms with Crippen molar-refractivity contribution in [3.05, 3.63) is 35.4 Å². The molecule has 0 spiro atoms. The average Bonchev–Trinajstić information content (AvgIpc) is 2.42. The van der Waals surface area contributed by atoms with Crippen LogP contribution >= 0.6 is 0 Å². The number of benzene rings is 1. The monoisotopic (exact) mass is 291 g/mol. The molecule has 1 saturated heterocycles. The van der Waals surface area contributed by atoms with Crippen molar-refractivity contribution in [3.63, 3.8) is 0 Å². The van der Waals surface area contributed by atoms with E-state index in [-0.39, 0.29) is 51.4 Å². The van der Waals surface area contributed by atoms with E-state index in [1.807, 2.05) is 13.8 Å². The average molecular weight is 292 g/mol. The largest absolute Gasteiger partial charge is 1.00 e. The van der Waals surface area contributed by atoms with Gasteiger partial charge in [0.25, 0.3) is 0 Å². The van der Waals surface area contributed by atoms with Crippen LogP contribution in [0.5, 0.6) is 0 Å². The zero-order chi connectivity index (χ0) is 12.5. The second-order valence-electron chi connectivity index (χ2n) is 3.85. The van der Waals surface area contributed by atoms with E-state index >= 15 is 0 Å². The summed E-state index contributed by atoms with van der Waals surface area (Å²) >= 11 is 5.05. The molecule has 0 radical (unpaired) electrons. The van der Waals surface area contributed by atoms with Crippen molar-refractivity contribution in [2.45, 2.75) is 26.1 Å². The Bertz CT molecular complexity index is 316. The Hall–Kier alpha value is 1.13. The molecule has 0 amide bonds. The molecular formula is C14H22KNOS. The second-order valence-corrected chi connectivity index (χ2v) is 4.14. The quantitative estimate of drug-likeness (QED) is 0.555. The fourth-order valence-corrected chi connectivity index (χ4v) is 2.01. The van der Waals surface area contributed by atoms with Crippen LogP contribution in [0.3, 0.4) is 0 Å². The SMILES string of the molecule is CC.[K+].[S-]Cc1cccc(CN2CCOCC2)c1. The molecule has 0 saturated carbocycles. The summed E-state index contributed by atoms with van der Waals surface area (Å²) in [7, 11) is 0. The molecule has 0 unspecified atom stereocenters. The summed E-state index contributed by atoms with van der Waals surface area (Å²) in [6, 6.07) is 8.57. The molecule has 1 heterocycles. The topological polar surface area (TPSA) is 12.5 Å². The molecule has 0 aliphatic carbocycles. The van der Waals surface area contributed by atoms with Crippen LogP contribution in [-0.4, -0.2) is 31.2 Å².